The van der Waals surface area contributed by atoms with Gasteiger partial charge in [0, 0.05) is 25.3 Å². The number of benzene rings is 1. The maximum atomic E-state index is 5.45. The van der Waals surface area contributed by atoms with Crippen LogP contribution in [-0.4, -0.2) is 29.9 Å². The van der Waals surface area contributed by atoms with Gasteiger partial charge in [0.2, 0.25) is 5.89 Å². The van der Waals surface area contributed by atoms with E-state index in [4.69, 9.17) is 9.26 Å². The fourth-order valence-corrected chi connectivity index (χ4v) is 2.54. The minimum Gasteiger partial charge on any atom is -0.385 e. The van der Waals surface area contributed by atoms with Crippen LogP contribution in [0.5, 0.6) is 0 Å². The number of nitrogens with zero attached hydrogens (tertiary/aromatic N) is 2. The molecule has 5 heteroatoms. The molecule has 20 heavy (non-hydrogen) atoms. The van der Waals surface area contributed by atoms with Crippen molar-refractivity contribution in [2.45, 2.75) is 25.7 Å². The van der Waals surface area contributed by atoms with E-state index >= 15 is 0 Å². The number of aromatic nitrogens is 2. The summed E-state index contributed by atoms with van der Waals surface area (Å²) in [6.45, 7) is 4.26. The number of anilines is 1. The van der Waals surface area contributed by atoms with Crippen LogP contribution in [0.3, 0.4) is 0 Å². The first-order chi connectivity index (χ1) is 9.88. The van der Waals surface area contributed by atoms with E-state index in [1.165, 1.54) is 5.56 Å². The topological polar surface area (TPSA) is 60.2 Å². The van der Waals surface area contributed by atoms with Gasteiger partial charge >= 0.3 is 0 Å². The SMILES string of the molecule is CCOCCc1noc(C2CCNc3ccccc32)n1. The van der Waals surface area contributed by atoms with Crippen molar-refractivity contribution in [2.75, 3.05) is 25.1 Å². The molecule has 1 aromatic heterocycles. The zero-order chi connectivity index (χ0) is 13.8. The lowest BCUT2D eigenvalue weighted by molar-refractivity contribution is 0.149. The molecule has 5 nitrogen and oxygen atoms in total. The van der Waals surface area contributed by atoms with Gasteiger partial charge in [0.25, 0.3) is 0 Å². The van der Waals surface area contributed by atoms with Crippen LogP contribution in [0.2, 0.25) is 0 Å². The molecule has 0 bridgehead atoms. The molecule has 0 amide bonds. The molecule has 1 aliphatic rings. The van der Waals surface area contributed by atoms with Crippen molar-refractivity contribution >= 4 is 5.69 Å². The van der Waals surface area contributed by atoms with Crippen LogP contribution >= 0.6 is 0 Å². The van der Waals surface area contributed by atoms with E-state index in [2.05, 4.69) is 27.6 Å². The smallest absolute Gasteiger partial charge is 0.234 e. The Labute approximate surface area is 118 Å². The lowest BCUT2D eigenvalue weighted by atomic mass is 9.91. The van der Waals surface area contributed by atoms with Crippen LogP contribution in [0.4, 0.5) is 5.69 Å². The van der Waals surface area contributed by atoms with Gasteiger partial charge in [0.1, 0.15) is 0 Å². The molecular weight excluding hydrogens is 254 g/mol. The van der Waals surface area contributed by atoms with Gasteiger partial charge < -0.3 is 14.6 Å². The molecule has 1 atom stereocenters. The molecule has 2 heterocycles. The monoisotopic (exact) mass is 273 g/mol. The van der Waals surface area contributed by atoms with Crippen LogP contribution in [0, 0.1) is 0 Å². The van der Waals surface area contributed by atoms with E-state index in [0.717, 1.165) is 24.5 Å². The fraction of sp³-hybridized carbons (Fsp3) is 0.467. The van der Waals surface area contributed by atoms with E-state index in [1.54, 1.807) is 0 Å². The molecule has 106 valence electrons. The van der Waals surface area contributed by atoms with Crippen LogP contribution in [0.25, 0.3) is 0 Å². The maximum Gasteiger partial charge on any atom is 0.234 e. The molecule has 2 aromatic rings. The van der Waals surface area contributed by atoms with E-state index in [9.17, 15) is 0 Å². The first-order valence-corrected chi connectivity index (χ1v) is 7.11. The molecule has 1 N–H and O–H groups in total. The number of nitrogens with one attached hydrogen (secondary N) is 1. The van der Waals surface area contributed by atoms with Crippen molar-refractivity contribution in [3.05, 3.63) is 41.5 Å². The lowest BCUT2D eigenvalue weighted by Crippen LogP contribution is -2.17. The zero-order valence-corrected chi connectivity index (χ0v) is 11.6. The minimum atomic E-state index is 0.195. The normalized spacial score (nSPS) is 17.6. The number of para-hydroxylation sites is 1. The van der Waals surface area contributed by atoms with E-state index in [0.29, 0.717) is 25.5 Å². The Morgan fingerprint density at radius 1 is 1.40 bits per heavy atom. The molecule has 0 saturated carbocycles. The molecule has 0 aliphatic carbocycles. The van der Waals surface area contributed by atoms with Crippen LogP contribution < -0.4 is 5.32 Å². The highest BCUT2D eigenvalue weighted by Gasteiger charge is 2.26. The summed E-state index contributed by atoms with van der Waals surface area (Å²) in [7, 11) is 0. The van der Waals surface area contributed by atoms with Gasteiger partial charge in [-0.3, -0.25) is 0 Å². The average molecular weight is 273 g/mol. The lowest BCUT2D eigenvalue weighted by Gasteiger charge is -2.23. The molecule has 1 aliphatic heterocycles. The van der Waals surface area contributed by atoms with Gasteiger partial charge in [-0.2, -0.15) is 4.98 Å². The summed E-state index contributed by atoms with van der Waals surface area (Å²) in [5, 5.41) is 7.45. The summed E-state index contributed by atoms with van der Waals surface area (Å²) in [6.07, 6.45) is 1.67. The van der Waals surface area contributed by atoms with E-state index < -0.39 is 0 Å². The first kappa shape index (κ1) is 13.1. The second kappa shape index (κ2) is 6.05. The molecule has 0 fully saturated rings. The molecule has 1 aromatic carbocycles. The Morgan fingerprint density at radius 3 is 3.20 bits per heavy atom. The number of hydrogen-bond donors (Lipinski definition) is 1. The predicted octanol–water partition coefficient (Wildman–Crippen LogP) is 2.60. The molecule has 0 radical (unpaired) electrons. The second-order valence-electron chi connectivity index (χ2n) is 4.85. The van der Waals surface area contributed by atoms with Gasteiger partial charge in [-0.15, -0.1) is 0 Å². The summed E-state index contributed by atoms with van der Waals surface area (Å²) < 4.78 is 10.8. The minimum absolute atomic E-state index is 0.195. The third-order valence-electron chi connectivity index (χ3n) is 3.54. The Balaban J connectivity index is 1.77. The molecule has 0 saturated heterocycles. The number of hydrogen-bond acceptors (Lipinski definition) is 5. The first-order valence-electron chi connectivity index (χ1n) is 7.11. The quantitative estimate of drug-likeness (QED) is 0.848. The van der Waals surface area contributed by atoms with Crippen LogP contribution in [0.1, 0.15) is 36.5 Å². The third kappa shape index (κ3) is 2.67. The van der Waals surface area contributed by atoms with Gasteiger partial charge in [0.15, 0.2) is 5.82 Å². The van der Waals surface area contributed by atoms with Crippen LogP contribution in [-0.2, 0) is 11.2 Å². The van der Waals surface area contributed by atoms with Gasteiger partial charge in [0.05, 0.1) is 12.5 Å². The summed E-state index contributed by atoms with van der Waals surface area (Å²) in [6, 6.07) is 8.30. The molecular formula is C15H19N3O2. The summed E-state index contributed by atoms with van der Waals surface area (Å²) in [5.74, 6) is 1.63. The van der Waals surface area contributed by atoms with Crippen molar-refractivity contribution in [2.24, 2.45) is 0 Å². The Hall–Kier alpha value is -1.88. The molecule has 1 unspecified atom stereocenters. The third-order valence-corrected chi connectivity index (χ3v) is 3.54. The fourth-order valence-electron chi connectivity index (χ4n) is 2.54. The maximum absolute atomic E-state index is 5.45. The Kier molecular flexibility index (Phi) is 3.97. The zero-order valence-electron chi connectivity index (χ0n) is 11.6. The van der Waals surface area contributed by atoms with Crippen molar-refractivity contribution in [3.8, 4) is 0 Å². The second-order valence-corrected chi connectivity index (χ2v) is 4.85. The Morgan fingerprint density at radius 2 is 2.30 bits per heavy atom. The number of ether oxygens (including phenoxy) is 1. The van der Waals surface area contributed by atoms with Gasteiger partial charge in [-0.05, 0) is 25.0 Å². The highest BCUT2D eigenvalue weighted by atomic mass is 16.5. The highest BCUT2D eigenvalue weighted by molar-refractivity contribution is 5.56. The predicted molar refractivity (Wildman–Crippen MR) is 75.9 cm³/mol. The highest BCUT2D eigenvalue weighted by Crippen LogP contribution is 2.35. The summed E-state index contributed by atoms with van der Waals surface area (Å²) in [5.41, 5.74) is 2.40. The van der Waals surface area contributed by atoms with E-state index in [1.807, 2.05) is 19.1 Å². The molecule has 0 spiro atoms. The van der Waals surface area contributed by atoms with Crippen LogP contribution in [0.15, 0.2) is 28.8 Å². The van der Waals surface area contributed by atoms with Crippen molar-refractivity contribution in [1.82, 2.24) is 10.1 Å². The average Bonchev–Trinajstić information content (AvgIpc) is 2.96. The summed E-state index contributed by atoms with van der Waals surface area (Å²) in [4.78, 5) is 4.52. The van der Waals surface area contributed by atoms with Crippen molar-refractivity contribution in [3.63, 3.8) is 0 Å². The van der Waals surface area contributed by atoms with Gasteiger partial charge in [-0.25, -0.2) is 0 Å². The largest absolute Gasteiger partial charge is 0.385 e. The van der Waals surface area contributed by atoms with E-state index in [-0.39, 0.29) is 5.92 Å². The number of rotatable bonds is 5. The van der Waals surface area contributed by atoms with Gasteiger partial charge in [-0.1, -0.05) is 23.4 Å². The number of fused-ring (bicyclic) bond motifs is 1. The summed E-state index contributed by atoms with van der Waals surface area (Å²) >= 11 is 0. The molecule has 3 rings (SSSR count). The van der Waals surface area contributed by atoms with Crippen molar-refractivity contribution in [1.29, 1.82) is 0 Å². The van der Waals surface area contributed by atoms with Crippen molar-refractivity contribution < 1.29 is 9.26 Å². The standard InChI is InChI=1S/C15H19N3O2/c1-2-19-10-8-14-17-15(20-18-14)12-7-9-16-13-6-4-3-5-11(12)13/h3-6,12,16H,2,7-10H2,1H3. The Bertz CT molecular complexity index is 568.